The Morgan fingerprint density at radius 3 is 2.72 bits per heavy atom. The SMILES string of the molecule is COC1=CC2=CC[C@H]3[C@@H]4CC[C@H](C(C)=O)[C@@]4(C)CC(=O)[C@@H]3[C@@]2(C)CC1. The Kier molecular flexibility index (Phi) is 3.79. The van der Waals surface area contributed by atoms with Crippen molar-refractivity contribution in [2.45, 2.75) is 59.3 Å². The highest BCUT2D eigenvalue weighted by Gasteiger charge is 2.62. The van der Waals surface area contributed by atoms with Crippen LogP contribution < -0.4 is 0 Å². The van der Waals surface area contributed by atoms with E-state index in [1.807, 2.05) is 0 Å². The molecule has 3 heteroatoms. The Morgan fingerprint density at radius 2 is 2.04 bits per heavy atom. The Hall–Kier alpha value is -1.38. The van der Waals surface area contributed by atoms with Gasteiger partial charge in [-0.15, -0.1) is 0 Å². The van der Waals surface area contributed by atoms with Crippen molar-refractivity contribution in [3.8, 4) is 0 Å². The van der Waals surface area contributed by atoms with Gasteiger partial charge in [-0.1, -0.05) is 19.9 Å². The Morgan fingerprint density at radius 1 is 1.28 bits per heavy atom. The van der Waals surface area contributed by atoms with Crippen molar-refractivity contribution in [3.05, 3.63) is 23.5 Å². The van der Waals surface area contributed by atoms with Crippen LogP contribution in [0.1, 0.15) is 59.3 Å². The highest BCUT2D eigenvalue weighted by molar-refractivity contribution is 5.87. The highest BCUT2D eigenvalue weighted by atomic mass is 16.5. The first kappa shape index (κ1) is 17.1. The minimum atomic E-state index is -0.117. The molecule has 0 heterocycles. The molecule has 0 bridgehead atoms. The molecule has 0 aromatic rings. The average molecular weight is 342 g/mol. The Bertz CT molecular complexity index is 687. The third-order valence-electron chi connectivity index (χ3n) is 8.17. The summed E-state index contributed by atoms with van der Waals surface area (Å²) in [4.78, 5) is 25.6. The molecule has 2 saturated carbocycles. The zero-order chi connectivity index (χ0) is 18.0. The van der Waals surface area contributed by atoms with E-state index in [9.17, 15) is 9.59 Å². The van der Waals surface area contributed by atoms with Crippen LogP contribution in [0.4, 0.5) is 0 Å². The monoisotopic (exact) mass is 342 g/mol. The highest BCUT2D eigenvalue weighted by Crippen LogP contribution is 2.64. The number of rotatable bonds is 2. The van der Waals surface area contributed by atoms with Crippen molar-refractivity contribution in [1.82, 2.24) is 0 Å². The number of ether oxygens (including phenoxy) is 1. The molecule has 25 heavy (non-hydrogen) atoms. The molecule has 0 radical (unpaired) electrons. The van der Waals surface area contributed by atoms with Crippen LogP contribution in [0.3, 0.4) is 0 Å². The summed E-state index contributed by atoms with van der Waals surface area (Å²) in [5.41, 5.74) is 1.13. The van der Waals surface area contributed by atoms with Crippen LogP contribution in [0.15, 0.2) is 23.5 Å². The van der Waals surface area contributed by atoms with Gasteiger partial charge < -0.3 is 4.74 Å². The van der Waals surface area contributed by atoms with Gasteiger partial charge in [-0.05, 0) is 61.5 Å². The van der Waals surface area contributed by atoms with Gasteiger partial charge in [-0.2, -0.15) is 0 Å². The van der Waals surface area contributed by atoms with E-state index in [1.165, 1.54) is 5.57 Å². The Labute approximate surface area is 150 Å². The molecule has 0 N–H and O–H groups in total. The van der Waals surface area contributed by atoms with E-state index in [0.29, 0.717) is 24.0 Å². The molecular weight excluding hydrogens is 312 g/mol. The van der Waals surface area contributed by atoms with Crippen molar-refractivity contribution in [1.29, 1.82) is 0 Å². The van der Waals surface area contributed by atoms with Crippen LogP contribution >= 0.6 is 0 Å². The zero-order valence-corrected chi connectivity index (χ0v) is 15.9. The van der Waals surface area contributed by atoms with Crippen LogP contribution in [0.25, 0.3) is 0 Å². The molecule has 0 aromatic heterocycles. The first-order chi connectivity index (χ1) is 11.8. The van der Waals surface area contributed by atoms with Crippen LogP contribution in [-0.4, -0.2) is 18.7 Å². The summed E-state index contributed by atoms with van der Waals surface area (Å²) in [6.07, 6.45) is 10.1. The van der Waals surface area contributed by atoms with Gasteiger partial charge in [0.1, 0.15) is 11.6 Å². The number of carbonyl (C=O) groups excluding carboxylic acids is 2. The molecule has 0 spiro atoms. The van der Waals surface area contributed by atoms with E-state index in [2.05, 4.69) is 26.0 Å². The van der Waals surface area contributed by atoms with Crippen molar-refractivity contribution in [2.75, 3.05) is 7.11 Å². The lowest BCUT2D eigenvalue weighted by Gasteiger charge is -2.55. The maximum atomic E-state index is 13.4. The minimum absolute atomic E-state index is 0.0579. The third kappa shape index (κ3) is 2.23. The van der Waals surface area contributed by atoms with E-state index in [-0.39, 0.29) is 28.4 Å². The van der Waals surface area contributed by atoms with Gasteiger partial charge in [-0.3, -0.25) is 9.59 Å². The molecular formula is C22H30O3. The number of Topliss-reactive ketones (excluding diaryl/α,β-unsaturated/α-hetero) is 2. The molecule has 136 valence electrons. The van der Waals surface area contributed by atoms with Gasteiger partial charge >= 0.3 is 0 Å². The number of methoxy groups -OCH3 is 1. The fourth-order valence-electron chi connectivity index (χ4n) is 6.96. The summed E-state index contributed by atoms with van der Waals surface area (Å²) in [5, 5.41) is 0. The van der Waals surface area contributed by atoms with Gasteiger partial charge in [0.05, 0.1) is 12.9 Å². The van der Waals surface area contributed by atoms with Crippen LogP contribution in [0.5, 0.6) is 0 Å². The van der Waals surface area contributed by atoms with Gasteiger partial charge in [0, 0.05) is 30.1 Å². The number of ketones is 2. The standard InChI is InChI=1S/C22H30O3/c1-13(23)17-7-8-18-16-6-5-14-11-15(25-4)9-10-21(14,2)20(16)19(24)12-22(17,18)3/h5,11,16-18,20H,6-10,12H2,1-4H3/t16-,17+,18-,20+,21-,22+/m0/s1. The molecule has 4 aliphatic carbocycles. The number of hydrogen-bond donors (Lipinski definition) is 0. The predicted octanol–water partition coefficient (Wildman–Crippen LogP) is 4.47. The molecule has 6 atom stereocenters. The molecule has 2 fully saturated rings. The molecule has 4 rings (SSSR count). The first-order valence-corrected chi connectivity index (χ1v) is 9.79. The summed E-state index contributed by atoms with van der Waals surface area (Å²) >= 11 is 0. The maximum absolute atomic E-state index is 13.4. The second-order valence-electron chi connectivity index (χ2n) is 9.26. The lowest BCUT2D eigenvalue weighted by molar-refractivity contribution is -0.145. The lowest BCUT2D eigenvalue weighted by atomic mass is 9.47. The number of fused-ring (bicyclic) bond motifs is 5. The average Bonchev–Trinajstić information content (AvgIpc) is 2.90. The molecule has 0 aromatic carbocycles. The molecule has 0 aliphatic heterocycles. The van der Waals surface area contributed by atoms with E-state index in [1.54, 1.807) is 14.0 Å². The van der Waals surface area contributed by atoms with Crippen molar-refractivity contribution in [3.63, 3.8) is 0 Å². The normalized spacial score (nSPS) is 45.7. The number of carbonyl (C=O) groups is 2. The van der Waals surface area contributed by atoms with Gasteiger partial charge in [-0.25, -0.2) is 0 Å². The molecule has 0 unspecified atom stereocenters. The maximum Gasteiger partial charge on any atom is 0.137 e. The molecule has 0 amide bonds. The van der Waals surface area contributed by atoms with Crippen LogP contribution in [0, 0.1) is 34.5 Å². The number of hydrogen-bond acceptors (Lipinski definition) is 3. The van der Waals surface area contributed by atoms with E-state index < -0.39 is 0 Å². The van der Waals surface area contributed by atoms with Crippen molar-refractivity contribution >= 4 is 11.6 Å². The Balaban J connectivity index is 1.74. The van der Waals surface area contributed by atoms with E-state index in [4.69, 9.17) is 4.74 Å². The summed E-state index contributed by atoms with van der Waals surface area (Å²) in [5.74, 6) is 2.82. The fourth-order valence-corrected chi connectivity index (χ4v) is 6.96. The van der Waals surface area contributed by atoms with Crippen molar-refractivity contribution < 1.29 is 14.3 Å². The quantitative estimate of drug-likeness (QED) is 0.743. The van der Waals surface area contributed by atoms with Crippen LogP contribution in [0.2, 0.25) is 0 Å². The molecule has 3 nitrogen and oxygen atoms in total. The van der Waals surface area contributed by atoms with Crippen LogP contribution in [-0.2, 0) is 14.3 Å². The van der Waals surface area contributed by atoms with E-state index in [0.717, 1.165) is 37.9 Å². The minimum Gasteiger partial charge on any atom is -0.501 e. The summed E-state index contributed by atoms with van der Waals surface area (Å²) in [6.45, 7) is 6.22. The first-order valence-electron chi connectivity index (χ1n) is 9.79. The summed E-state index contributed by atoms with van der Waals surface area (Å²) in [6, 6.07) is 0. The van der Waals surface area contributed by atoms with E-state index >= 15 is 0 Å². The lowest BCUT2D eigenvalue weighted by Crippen LogP contribution is -2.54. The second kappa shape index (κ2) is 5.56. The van der Waals surface area contributed by atoms with Gasteiger partial charge in [0.25, 0.3) is 0 Å². The van der Waals surface area contributed by atoms with Gasteiger partial charge in [0.2, 0.25) is 0 Å². The largest absolute Gasteiger partial charge is 0.501 e. The van der Waals surface area contributed by atoms with Crippen molar-refractivity contribution in [2.24, 2.45) is 34.5 Å². The van der Waals surface area contributed by atoms with Gasteiger partial charge in [0.15, 0.2) is 0 Å². The molecule has 0 saturated heterocycles. The number of allylic oxidation sites excluding steroid dienone is 4. The molecule has 4 aliphatic rings. The third-order valence-corrected chi connectivity index (χ3v) is 8.17. The predicted molar refractivity (Wildman–Crippen MR) is 96.7 cm³/mol. The summed E-state index contributed by atoms with van der Waals surface area (Å²) in [7, 11) is 1.73. The zero-order valence-electron chi connectivity index (χ0n) is 15.9. The smallest absolute Gasteiger partial charge is 0.137 e. The second-order valence-corrected chi connectivity index (χ2v) is 9.26. The fraction of sp³-hybridized carbons (Fsp3) is 0.727. The topological polar surface area (TPSA) is 43.4 Å². The summed E-state index contributed by atoms with van der Waals surface area (Å²) < 4.78 is 5.47.